The van der Waals surface area contributed by atoms with Crippen LogP contribution in [0.25, 0.3) is 0 Å². The first-order chi connectivity index (χ1) is 19.5. The molecule has 0 unspecified atom stereocenters. The summed E-state index contributed by atoms with van der Waals surface area (Å²) < 4.78 is 4.80. The van der Waals surface area contributed by atoms with Gasteiger partial charge >= 0.3 is 5.97 Å². The molecule has 0 aromatic heterocycles. The van der Waals surface area contributed by atoms with E-state index in [-0.39, 0.29) is 11.8 Å². The second kappa shape index (κ2) is 24.8. The Morgan fingerprint density at radius 3 is 1.68 bits per heavy atom. The zero-order valence-corrected chi connectivity index (χ0v) is 26.4. The first kappa shape index (κ1) is 36.0. The first-order valence-corrected chi connectivity index (χ1v) is 17.2. The van der Waals surface area contributed by atoms with Crippen LogP contribution in [0.1, 0.15) is 139 Å². The van der Waals surface area contributed by atoms with Gasteiger partial charge < -0.3 is 15.4 Å². The molecule has 1 aromatic carbocycles. The molecular formula is C33H56N2O4S. The van der Waals surface area contributed by atoms with E-state index in [1.165, 1.54) is 103 Å². The lowest BCUT2D eigenvalue weighted by molar-refractivity contribution is -0.142. The summed E-state index contributed by atoms with van der Waals surface area (Å²) in [4.78, 5) is 36.8. The topological polar surface area (TPSA) is 84.5 Å². The fraction of sp³-hybridized carbons (Fsp3) is 0.727. The number of rotatable bonds is 25. The van der Waals surface area contributed by atoms with Crippen LogP contribution in [0.15, 0.2) is 24.3 Å². The minimum atomic E-state index is -0.672. The standard InChI is InChI=1S/C33H56N2O4S/c1-4-5-6-7-8-9-10-11-12-13-14-15-16-17-18-19-20-21-31(36)34-29-24-22-28(23-25-29)32(37)35-30(26-27-40-3)33(38)39-2/h22-25,30H,4-21,26-27H2,1-3H3,(H,34,36)(H,35,37)/t30-/m0/s1. The van der Waals surface area contributed by atoms with Crippen molar-refractivity contribution in [3.8, 4) is 0 Å². The van der Waals surface area contributed by atoms with Crippen molar-refractivity contribution < 1.29 is 19.1 Å². The van der Waals surface area contributed by atoms with E-state index in [9.17, 15) is 14.4 Å². The Morgan fingerprint density at radius 1 is 0.750 bits per heavy atom. The molecule has 0 spiro atoms. The van der Waals surface area contributed by atoms with Crippen molar-refractivity contribution in [2.75, 3.05) is 24.4 Å². The summed E-state index contributed by atoms with van der Waals surface area (Å²) in [6.07, 6.45) is 25.4. The molecule has 2 amide bonds. The Balaban J connectivity index is 2.07. The van der Waals surface area contributed by atoms with E-state index in [2.05, 4.69) is 17.6 Å². The summed E-state index contributed by atoms with van der Waals surface area (Å²) in [5, 5.41) is 5.65. The summed E-state index contributed by atoms with van der Waals surface area (Å²) in [5.74, 6) is -0.0424. The molecule has 0 bridgehead atoms. The number of unbranched alkanes of at least 4 members (excludes halogenated alkanes) is 16. The molecule has 0 saturated heterocycles. The largest absolute Gasteiger partial charge is 0.467 e. The van der Waals surface area contributed by atoms with E-state index in [0.29, 0.717) is 24.1 Å². The predicted molar refractivity (Wildman–Crippen MR) is 170 cm³/mol. The normalized spacial score (nSPS) is 11.7. The number of amides is 2. The molecule has 6 nitrogen and oxygen atoms in total. The molecule has 0 heterocycles. The fourth-order valence-corrected chi connectivity index (χ4v) is 5.28. The van der Waals surface area contributed by atoms with Crippen LogP contribution in [0.2, 0.25) is 0 Å². The Kier molecular flexibility index (Phi) is 22.3. The number of benzene rings is 1. The van der Waals surface area contributed by atoms with Gasteiger partial charge in [0.25, 0.3) is 5.91 Å². The summed E-state index contributed by atoms with van der Waals surface area (Å²) in [6.45, 7) is 2.27. The number of carbonyl (C=O) groups is 3. The molecule has 228 valence electrons. The van der Waals surface area contributed by atoms with E-state index in [4.69, 9.17) is 4.74 Å². The first-order valence-electron chi connectivity index (χ1n) is 15.8. The average molecular weight is 577 g/mol. The quantitative estimate of drug-likeness (QED) is 0.0898. The van der Waals surface area contributed by atoms with Gasteiger partial charge in [-0.15, -0.1) is 0 Å². The molecule has 0 aliphatic carbocycles. The molecule has 0 aliphatic heterocycles. The second-order valence-electron chi connectivity index (χ2n) is 10.9. The van der Waals surface area contributed by atoms with E-state index < -0.39 is 12.0 Å². The molecule has 0 fully saturated rings. The van der Waals surface area contributed by atoms with Gasteiger partial charge in [0.2, 0.25) is 5.91 Å². The van der Waals surface area contributed by atoms with Crippen LogP contribution in [-0.2, 0) is 14.3 Å². The SMILES string of the molecule is CCCCCCCCCCCCCCCCCCCC(=O)Nc1ccc(C(=O)N[C@@H](CCSC)C(=O)OC)cc1. The Morgan fingerprint density at radius 2 is 1.23 bits per heavy atom. The maximum absolute atomic E-state index is 12.5. The maximum atomic E-state index is 12.5. The van der Waals surface area contributed by atoms with Gasteiger partial charge in [-0.3, -0.25) is 9.59 Å². The fourth-order valence-electron chi connectivity index (χ4n) is 4.81. The van der Waals surface area contributed by atoms with Crippen LogP contribution in [0, 0.1) is 0 Å². The number of thioether (sulfide) groups is 1. The summed E-state index contributed by atoms with van der Waals surface area (Å²) >= 11 is 1.61. The summed E-state index contributed by atoms with van der Waals surface area (Å²) in [5.41, 5.74) is 1.10. The van der Waals surface area contributed by atoms with Gasteiger partial charge in [-0.2, -0.15) is 11.8 Å². The van der Waals surface area contributed by atoms with E-state index in [1.807, 2.05) is 6.26 Å². The lowest BCUT2D eigenvalue weighted by Crippen LogP contribution is -2.41. The monoisotopic (exact) mass is 576 g/mol. The van der Waals surface area contributed by atoms with Crippen LogP contribution < -0.4 is 10.6 Å². The highest BCUT2D eigenvalue weighted by Crippen LogP contribution is 2.15. The van der Waals surface area contributed by atoms with Crippen molar-refractivity contribution in [1.82, 2.24) is 5.32 Å². The molecule has 1 aromatic rings. The second-order valence-corrected chi connectivity index (χ2v) is 11.8. The van der Waals surface area contributed by atoms with Gasteiger partial charge in [0.1, 0.15) is 6.04 Å². The van der Waals surface area contributed by atoms with Crippen molar-refractivity contribution >= 4 is 35.2 Å². The summed E-state index contributed by atoms with van der Waals surface area (Å²) in [7, 11) is 1.32. The van der Waals surface area contributed by atoms with Crippen molar-refractivity contribution in [3.63, 3.8) is 0 Å². The Hall–Kier alpha value is -2.02. The van der Waals surface area contributed by atoms with E-state index >= 15 is 0 Å². The minimum Gasteiger partial charge on any atom is -0.467 e. The molecule has 2 N–H and O–H groups in total. The number of anilines is 1. The maximum Gasteiger partial charge on any atom is 0.328 e. The molecule has 7 heteroatoms. The number of esters is 1. The van der Waals surface area contributed by atoms with Crippen LogP contribution in [0.3, 0.4) is 0 Å². The predicted octanol–water partition coefficient (Wildman–Crippen LogP) is 8.69. The van der Waals surface area contributed by atoms with Crippen molar-refractivity contribution in [3.05, 3.63) is 29.8 Å². The third-order valence-corrected chi connectivity index (χ3v) is 7.98. The zero-order chi connectivity index (χ0) is 29.3. The van der Waals surface area contributed by atoms with Gasteiger partial charge in [-0.25, -0.2) is 4.79 Å². The number of hydrogen-bond donors (Lipinski definition) is 2. The van der Waals surface area contributed by atoms with Gasteiger partial charge in [0.15, 0.2) is 0 Å². The molecule has 0 saturated carbocycles. The molecule has 40 heavy (non-hydrogen) atoms. The highest BCUT2D eigenvalue weighted by molar-refractivity contribution is 7.98. The van der Waals surface area contributed by atoms with Crippen molar-refractivity contribution in [1.29, 1.82) is 0 Å². The van der Waals surface area contributed by atoms with Gasteiger partial charge in [0, 0.05) is 17.7 Å². The number of nitrogens with one attached hydrogen (secondary N) is 2. The van der Waals surface area contributed by atoms with Crippen molar-refractivity contribution in [2.45, 2.75) is 135 Å². The Bertz CT molecular complexity index is 800. The van der Waals surface area contributed by atoms with Gasteiger partial charge in [-0.05, 0) is 49.1 Å². The minimum absolute atomic E-state index is 0.000909. The smallest absolute Gasteiger partial charge is 0.328 e. The molecule has 1 atom stereocenters. The highest BCUT2D eigenvalue weighted by atomic mass is 32.2. The van der Waals surface area contributed by atoms with E-state index in [1.54, 1.807) is 36.0 Å². The van der Waals surface area contributed by atoms with Crippen molar-refractivity contribution in [2.24, 2.45) is 0 Å². The van der Waals surface area contributed by atoms with Gasteiger partial charge in [0.05, 0.1) is 7.11 Å². The highest BCUT2D eigenvalue weighted by Gasteiger charge is 2.21. The molecule has 1 rings (SSSR count). The van der Waals surface area contributed by atoms with Crippen LogP contribution in [0.4, 0.5) is 5.69 Å². The summed E-state index contributed by atoms with van der Waals surface area (Å²) in [6, 6.07) is 6.08. The third kappa shape index (κ3) is 18.4. The molecule has 0 aliphatic rings. The molecule has 0 radical (unpaired) electrons. The lowest BCUT2D eigenvalue weighted by Gasteiger charge is -2.16. The number of methoxy groups -OCH3 is 1. The van der Waals surface area contributed by atoms with Crippen LogP contribution in [-0.4, -0.2) is 42.9 Å². The van der Waals surface area contributed by atoms with E-state index in [0.717, 1.165) is 18.6 Å². The number of hydrogen-bond acceptors (Lipinski definition) is 5. The van der Waals surface area contributed by atoms with Gasteiger partial charge in [-0.1, -0.05) is 110 Å². The van der Waals surface area contributed by atoms with Crippen LogP contribution in [0.5, 0.6) is 0 Å². The molecular weight excluding hydrogens is 520 g/mol. The lowest BCUT2D eigenvalue weighted by atomic mass is 10.0. The Labute approximate surface area is 248 Å². The number of carbonyl (C=O) groups excluding carboxylic acids is 3. The number of ether oxygens (including phenoxy) is 1. The zero-order valence-electron chi connectivity index (χ0n) is 25.6. The third-order valence-electron chi connectivity index (χ3n) is 7.34. The average Bonchev–Trinajstić information content (AvgIpc) is 2.96. The van der Waals surface area contributed by atoms with Crippen LogP contribution >= 0.6 is 11.8 Å².